The first-order chi connectivity index (χ1) is 14.2. The third-order valence-electron chi connectivity index (χ3n) is 4.40. The summed E-state index contributed by atoms with van der Waals surface area (Å²) in [5, 5.41) is 1.12. The van der Waals surface area contributed by atoms with E-state index in [1.165, 1.54) is 6.07 Å². The quantitative estimate of drug-likeness (QED) is 0.355. The molecule has 4 rings (SSSR count). The van der Waals surface area contributed by atoms with Crippen LogP contribution in [0.2, 0.25) is 5.02 Å². The van der Waals surface area contributed by atoms with Gasteiger partial charge in [0.05, 0.1) is 18.6 Å². The molecule has 0 bridgehead atoms. The van der Waals surface area contributed by atoms with Crippen LogP contribution in [0, 0.1) is 0 Å². The van der Waals surface area contributed by atoms with Gasteiger partial charge in [-0.15, -0.1) is 0 Å². The Labute approximate surface area is 173 Å². The van der Waals surface area contributed by atoms with E-state index in [9.17, 15) is 4.79 Å². The lowest BCUT2D eigenvalue weighted by molar-refractivity contribution is 0.247. The van der Waals surface area contributed by atoms with Crippen molar-refractivity contribution < 1.29 is 13.9 Å². The molecule has 0 N–H and O–H groups in total. The molecule has 0 atom stereocenters. The van der Waals surface area contributed by atoms with Gasteiger partial charge in [0.15, 0.2) is 5.43 Å². The van der Waals surface area contributed by atoms with Gasteiger partial charge in [-0.05, 0) is 54.6 Å². The summed E-state index contributed by atoms with van der Waals surface area (Å²) in [5.41, 5.74) is 1.20. The smallest absolute Gasteiger partial charge is 0.193 e. The average Bonchev–Trinajstić information content (AvgIpc) is 2.75. The topological polar surface area (TPSA) is 48.7 Å². The molecule has 0 saturated heterocycles. The number of rotatable bonds is 7. The van der Waals surface area contributed by atoms with E-state index in [2.05, 4.69) is 0 Å². The molecule has 29 heavy (non-hydrogen) atoms. The van der Waals surface area contributed by atoms with Gasteiger partial charge in [0.1, 0.15) is 22.8 Å². The van der Waals surface area contributed by atoms with Gasteiger partial charge in [0.2, 0.25) is 0 Å². The Balaban J connectivity index is 1.41. The van der Waals surface area contributed by atoms with Crippen molar-refractivity contribution in [2.75, 3.05) is 13.2 Å². The van der Waals surface area contributed by atoms with E-state index >= 15 is 0 Å². The van der Waals surface area contributed by atoms with Crippen molar-refractivity contribution in [3.8, 4) is 22.8 Å². The Morgan fingerprint density at radius 1 is 0.793 bits per heavy atom. The summed E-state index contributed by atoms with van der Waals surface area (Å²) in [7, 11) is 0. The number of ether oxygens (including phenoxy) is 2. The normalized spacial score (nSPS) is 10.8. The summed E-state index contributed by atoms with van der Waals surface area (Å²) in [6, 6.07) is 23.6. The lowest BCUT2D eigenvalue weighted by Gasteiger charge is -2.09. The Bertz CT molecular complexity index is 1150. The van der Waals surface area contributed by atoms with E-state index in [0.29, 0.717) is 40.7 Å². The zero-order valence-corrected chi connectivity index (χ0v) is 16.4. The van der Waals surface area contributed by atoms with Gasteiger partial charge in [-0.25, -0.2) is 0 Å². The van der Waals surface area contributed by atoms with Gasteiger partial charge in [0.25, 0.3) is 0 Å². The van der Waals surface area contributed by atoms with E-state index in [0.717, 1.165) is 17.7 Å². The van der Waals surface area contributed by atoms with Crippen molar-refractivity contribution in [1.82, 2.24) is 0 Å². The molecule has 0 aliphatic carbocycles. The van der Waals surface area contributed by atoms with Crippen LogP contribution in [-0.4, -0.2) is 13.2 Å². The first kappa shape index (κ1) is 19.1. The fourth-order valence-electron chi connectivity index (χ4n) is 2.94. The summed E-state index contributed by atoms with van der Waals surface area (Å²) in [4.78, 5) is 12.6. The van der Waals surface area contributed by atoms with Crippen LogP contribution in [0.3, 0.4) is 0 Å². The highest BCUT2D eigenvalue weighted by molar-refractivity contribution is 6.30. The first-order valence-corrected chi connectivity index (χ1v) is 9.71. The molecule has 0 fully saturated rings. The monoisotopic (exact) mass is 406 g/mol. The van der Waals surface area contributed by atoms with Crippen molar-refractivity contribution in [3.63, 3.8) is 0 Å². The predicted molar refractivity (Wildman–Crippen MR) is 115 cm³/mol. The van der Waals surface area contributed by atoms with Crippen LogP contribution in [0.15, 0.2) is 88.1 Å². The summed E-state index contributed by atoms with van der Waals surface area (Å²) in [5.74, 6) is 1.97. The van der Waals surface area contributed by atoms with Gasteiger partial charge < -0.3 is 13.9 Å². The molecule has 1 aromatic heterocycles. The minimum absolute atomic E-state index is 0.117. The molecule has 0 saturated carbocycles. The van der Waals surface area contributed by atoms with Crippen molar-refractivity contribution >= 4 is 22.6 Å². The summed E-state index contributed by atoms with van der Waals surface area (Å²) in [6.45, 7) is 1.05. The minimum Gasteiger partial charge on any atom is -0.493 e. The maximum atomic E-state index is 12.6. The number of benzene rings is 3. The minimum atomic E-state index is -0.117. The van der Waals surface area contributed by atoms with E-state index in [1.54, 1.807) is 30.3 Å². The van der Waals surface area contributed by atoms with Gasteiger partial charge >= 0.3 is 0 Å². The lowest BCUT2D eigenvalue weighted by atomic mass is 10.1. The highest BCUT2D eigenvalue weighted by Crippen LogP contribution is 2.25. The van der Waals surface area contributed by atoms with Crippen molar-refractivity contribution in [2.24, 2.45) is 0 Å². The van der Waals surface area contributed by atoms with Gasteiger partial charge in [-0.3, -0.25) is 4.79 Å². The van der Waals surface area contributed by atoms with E-state index in [4.69, 9.17) is 25.5 Å². The molecule has 0 radical (unpaired) electrons. The lowest BCUT2D eigenvalue weighted by Crippen LogP contribution is -2.06. The molecule has 0 aliphatic heterocycles. The molecule has 4 nitrogen and oxygen atoms in total. The van der Waals surface area contributed by atoms with Crippen LogP contribution in [0.1, 0.15) is 6.42 Å². The third kappa shape index (κ3) is 4.79. The molecule has 0 unspecified atom stereocenters. The summed E-state index contributed by atoms with van der Waals surface area (Å²) >= 11 is 5.92. The van der Waals surface area contributed by atoms with E-state index in [-0.39, 0.29) is 5.43 Å². The number of hydrogen-bond acceptors (Lipinski definition) is 4. The highest BCUT2D eigenvalue weighted by atomic mass is 35.5. The maximum Gasteiger partial charge on any atom is 0.193 e. The number of hydrogen-bond donors (Lipinski definition) is 0. The van der Waals surface area contributed by atoms with Crippen LogP contribution in [-0.2, 0) is 0 Å². The fourth-order valence-corrected chi connectivity index (χ4v) is 3.06. The van der Waals surface area contributed by atoms with Crippen LogP contribution < -0.4 is 14.9 Å². The van der Waals surface area contributed by atoms with Crippen LogP contribution in [0.4, 0.5) is 0 Å². The van der Waals surface area contributed by atoms with Crippen molar-refractivity contribution in [3.05, 3.63) is 94.1 Å². The second-order valence-corrected chi connectivity index (χ2v) is 6.94. The van der Waals surface area contributed by atoms with E-state index in [1.807, 2.05) is 42.5 Å². The van der Waals surface area contributed by atoms with Gasteiger partial charge in [-0.1, -0.05) is 29.8 Å². The zero-order valence-electron chi connectivity index (χ0n) is 15.6. The number of fused-ring (bicyclic) bond motifs is 1. The number of para-hydroxylation sites is 1. The Morgan fingerprint density at radius 3 is 2.28 bits per heavy atom. The standard InChI is InChI=1S/C24H19ClO4/c25-18-9-7-17(8-10-18)24-16-22(26)21-15-20(11-12-23(21)29-24)28-14-4-13-27-19-5-2-1-3-6-19/h1-3,5-12,15-16H,4,13-14H2. The largest absolute Gasteiger partial charge is 0.493 e. The van der Waals surface area contributed by atoms with Crippen molar-refractivity contribution in [2.45, 2.75) is 6.42 Å². The second kappa shape index (κ2) is 8.84. The summed E-state index contributed by atoms with van der Waals surface area (Å²) in [6.07, 6.45) is 0.733. The first-order valence-electron chi connectivity index (χ1n) is 9.33. The van der Waals surface area contributed by atoms with Gasteiger partial charge in [0, 0.05) is 23.1 Å². The molecule has 3 aromatic carbocycles. The molecule has 5 heteroatoms. The molecule has 0 amide bonds. The predicted octanol–water partition coefficient (Wildman–Crippen LogP) is 5.96. The third-order valence-corrected chi connectivity index (χ3v) is 4.65. The molecule has 4 aromatic rings. The Kier molecular flexibility index (Phi) is 5.82. The van der Waals surface area contributed by atoms with Gasteiger partial charge in [-0.2, -0.15) is 0 Å². The molecular weight excluding hydrogens is 388 g/mol. The molecule has 0 aliphatic rings. The van der Waals surface area contributed by atoms with E-state index < -0.39 is 0 Å². The average molecular weight is 407 g/mol. The summed E-state index contributed by atoms with van der Waals surface area (Å²) < 4.78 is 17.3. The van der Waals surface area contributed by atoms with Crippen LogP contribution >= 0.6 is 11.6 Å². The Hall–Kier alpha value is -3.24. The molecule has 0 spiro atoms. The van der Waals surface area contributed by atoms with Crippen molar-refractivity contribution in [1.29, 1.82) is 0 Å². The zero-order chi connectivity index (χ0) is 20.1. The molecule has 146 valence electrons. The molecule has 1 heterocycles. The fraction of sp³-hybridized carbons (Fsp3) is 0.125. The Morgan fingerprint density at radius 2 is 1.52 bits per heavy atom. The van der Waals surface area contributed by atoms with Crippen LogP contribution in [0.25, 0.3) is 22.3 Å². The second-order valence-electron chi connectivity index (χ2n) is 6.50. The highest BCUT2D eigenvalue weighted by Gasteiger charge is 2.08. The van der Waals surface area contributed by atoms with Crippen LogP contribution in [0.5, 0.6) is 11.5 Å². The number of halogens is 1. The SMILES string of the molecule is O=c1cc(-c2ccc(Cl)cc2)oc2ccc(OCCCOc3ccccc3)cc12. The maximum absolute atomic E-state index is 12.6. The molecular formula is C24H19ClO4.